The molecule has 0 saturated heterocycles. The van der Waals surface area contributed by atoms with E-state index < -0.39 is 0 Å². The number of carbonyl (C=O) groups is 1. The molecule has 1 atom stereocenters. The van der Waals surface area contributed by atoms with E-state index in [1.54, 1.807) is 0 Å². The van der Waals surface area contributed by atoms with Gasteiger partial charge in [0, 0.05) is 18.9 Å². The first-order chi connectivity index (χ1) is 10.3. The molecule has 0 radical (unpaired) electrons. The first kappa shape index (κ1) is 19.3. The summed E-state index contributed by atoms with van der Waals surface area (Å²) >= 11 is 0. The van der Waals surface area contributed by atoms with Crippen molar-refractivity contribution in [3.63, 3.8) is 0 Å². The standard InChI is InChI=1S/C13H19N2O.C5H9.Fe/c16-13(9-12-5-7-14-10-12)15-8-6-11-3-1-2-4-11;1-2-4-5-3-1;/h1,5,7,10-11,14H,2-4,6,8-9H2,(H,15,16);1H,2-5H2;/q2*-1;+2. The predicted octanol–water partition coefficient (Wildman–Crippen LogP) is 3.83. The number of aromatic amines is 1. The zero-order valence-electron chi connectivity index (χ0n) is 13.3. The summed E-state index contributed by atoms with van der Waals surface area (Å²) in [5, 5.41) is 2.98. The summed E-state index contributed by atoms with van der Waals surface area (Å²) in [5.41, 5.74) is 1.05. The monoisotopic (exact) mass is 344 g/mol. The second kappa shape index (κ2) is 11.8. The van der Waals surface area contributed by atoms with Crippen molar-refractivity contribution in [3.05, 3.63) is 36.9 Å². The van der Waals surface area contributed by atoms with E-state index in [2.05, 4.69) is 23.1 Å². The summed E-state index contributed by atoms with van der Waals surface area (Å²) in [6, 6.07) is 1.94. The Kier molecular flexibility index (Phi) is 10.3. The van der Waals surface area contributed by atoms with Crippen LogP contribution in [0.2, 0.25) is 0 Å². The average Bonchev–Trinajstić information content (AvgIpc) is 3.24. The summed E-state index contributed by atoms with van der Waals surface area (Å²) in [4.78, 5) is 14.5. The van der Waals surface area contributed by atoms with Gasteiger partial charge in [-0.1, -0.05) is 25.2 Å². The molecule has 4 heteroatoms. The quantitative estimate of drug-likeness (QED) is 0.619. The van der Waals surface area contributed by atoms with Crippen LogP contribution in [0.3, 0.4) is 0 Å². The van der Waals surface area contributed by atoms with Gasteiger partial charge in [-0.25, -0.2) is 0 Å². The molecule has 1 heterocycles. The zero-order valence-corrected chi connectivity index (χ0v) is 14.4. The summed E-state index contributed by atoms with van der Waals surface area (Å²) in [6.07, 6.45) is 19.5. The molecule has 124 valence electrons. The molecule has 1 amide bonds. The van der Waals surface area contributed by atoms with Crippen LogP contribution in [0.25, 0.3) is 0 Å². The molecule has 2 fully saturated rings. The molecule has 0 spiro atoms. The van der Waals surface area contributed by atoms with E-state index in [-0.39, 0.29) is 23.0 Å². The van der Waals surface area contributed by atoms with Crippen LogP contribution >= 0.6 is 0 Å². The fourth-order valence-corrected chi connectivity index (χ4v) is 2.94. The molecular formula is C18H28FeN2O. The van der Waals surface area contributed by atoms with Crippen LogP contribution in [-0.2, 0) is 28.3 Å². The maximum absolute atomic E-state index is 11.6. The zero-order chi connectivity index (χ0) is 14.8. The van der Waals surface area contributed by atoms with Crippen molar-refractivity contribution < 1.29 is 21.9 Å². The Hall–Kier alpha value is -0.731. The Labute approximate surface area is 145 Å². The summed E-state index contributed by atoms with van der Waals surface area (Å²) in [5.74, 6) is 0.925. The van der Waals surface area contributed by atoms with Gasteiger partial charge in [0.25, 0.3) is 0 Å². The molecule has 3 nitrogen and oxygen atoms in total. The number of hydrogen-bond acceptors (Lipinski definition) is 1. The van der Waals surface area contributed by atoms with E-state index in [4.69, 9.17) is 0 Å². The molecule has 22 heavy (non-hydrogen) atoms. The van der Waals surface area contributed by atoms with Crippen LogP contribution in [-0.4, -0.2) is 17.4 Å². The third-order valence-electron chi connectivity index (χ3n) is 4.25. The number of amides is 1. The number of aromatic nitrogens is 1. The van der Waals surface area contributed by atoms with Crippen LogP contribution < -0.4 is 5.32 Å². The minimum atomic E-state index is 0. The fourth-order valence-electron chi connectivity index (χ4n) is 2.94. The van der Waals surface area contributed by atoms with Crippen LogP contribution in [0, 0.1) is 18.8 Å². The molecule has 2 aliphatic carbocycles. The molecule has 0 bridgehead atoms. The van der Waals surface area contributed by atoms with Crippen molar-refractivity contribution >= 4 is 5.91 Å². The Morgan fingerprint density at radius 1 is 1.27 bits per heavy atom. The second-order valence-electron chi connectivity index (χ2n) is 6.08. The van der Waals surface area contributed by atoms with Gasteiger partial charge in [0.1, 0.15) is 0 Å². The molecule has 1 unspecified atom stereocenters. The third kappa shape index (κ3) is 8.05. The normalized spacial score (nSPS) is 19.9. The smallest absolute Gasteiger partial charge is 0.367 e. The fraction of sp³-hybridized carbons (Fsp3) is 0.611. The second-order valence-corrected chi connectivity index (χ2v) is 6.08. The van der Waals surface area contributed by atoms with Crippen LogP contribution in [0.4, 0.5) is 0 Å². The van der Waals surface area contributed by atoms with Crippen molar-refractivity contribution in [2.75, 3.05) is 6.54 Å². The predicted molar refractivity (Wildman–Crippen MR) is 86.5 cm³/mol. The summed E-state index contributed by atoms with van der Waals surface area (Å²) in [6.45, 7) is 0.821. The van der Waals surface area contributed by atoms with Gasteiger partial charge in [0.2, 0.25) is 5.91 Å². The van der Waals surface area contributed by atoms with E-state index in [9.17, 15) is 4.79 Å². The van der Waals surface area contributed by atoms with Crippen molar-refractivity contribution in [2.24, 2.45) is 5.92 Å². The van der Waals surface area contributed by atoms with Crippen molar-refractivity contribution in [2.45, 2.75) is 57.8 Å². The molecule has 2 aliphatic rings. The van der Waals surface area contributed by atoms with Crippen molar-refractivity contribution in [3.8, 4) is 0 Å². The van der Waals surface area contributed by atoms with Gasteiger partial charge in [0.05, 0.1) is 6.42 Å². The molecule has 2 N–H and O–H groups in total. The summed E-state index contributed by atoms with van der Waals surface area (Å²) < 4.78 is 0. The Balaban J connectivity index is 0.000000344. The Bertz CT molecular complexity index is 374. The SMILES string of the molecule is O=C(Cc1cc[nH]c1)NCCC1C[CH-]CC1.[CH-]1CCCC1.[Fe+2]. The maximum atomic E-state index is 11.6. The molecule has 1 aromatic rings. The topological polar surface area (TPSA) is 44.9 Å². The van der Waals surface area contributed by atoms with Crippen molar-refractivity contribution in [1.29, 1.82) is 0 Å². The molecule has 0 aromatic carbocycles. The number of H-pyrrole nitrogens is 1. The molecular weight excluding hydrogens is 316 g/mol. The van der Waals surface area contributed by atoms with Gasteiger partial charge >= 0.3 is 17.1 Å². The Morgan fingerprint density at radius 2 is 2.09 bits per heavy atom. The van der Waals surface area contributed by atoms with Gasteiger partial charge in [0.15, 0.2) is 0 Å². The largest absolute Gasteiger partial charge is 2.00 e. The average molecular weight is 344 g/mol. The van der Waals surface area contributed by atoms with Crippen LogP contribution in [0.5, 0.6) is 0 Å². The van der Waals surface area contributed by atoms with E-state index in [0.29, 0.717) is 6.42 Å². The van der Waals surface area contributed by atoms with Gasteiger partial charge in [-0.2, -0.15) is 25.7 Å². The summed E-state index contributed by atoms with van der Waals surface area (Å²) in [7, 11) is 0. The Morgan fingerprint density at radius 3 is 2.64 bits per heavy atom. The molecule has 3 rings (SSSR count). The molecule has 2 saturated carbocycles. The minimum Gasteiger partial charge on any atom is -0.367 e. The number of carbonyl (C=O) groups excluding carboxylic acids is 1. The molecule has 0 aliphatic heterocycles. The third-order valence-corrected chi connectivity index (χ3v) is 4.25. The first-order valence-electron chi connectivity index (χ1n) is 8.36. The van der Waals surface area contributed by atoms with Crippen LogP contribution in [0.1, 0.15) is 56.9 Å². The van der Waals surface area contributed by atoms with Gasteiger partial charge in [-0.05, 0) is 18.1 Å². The van der Waals surface area contributed by atoms with E-state index >= 15 is 0 Å². The van der Waals surface area contributed by atoms with Crippen molar-refractivity contribution in [1.82, 2.24) is 10.3 Å². The number of hydrogen-bond donors (Lipinski definition) is 2. The number of rotatable bonds is 5. The van der Waals surface area contributed by atoms with E-state index in [1.807, 2.05) is 18.5 Å². The first-order valence-corrected chi connectivity index (χ1v) is 8.36. The van der Waals surface area contributed by atoms with Gasteiger partial charge in [-0.15, -0.1) is 0 Å². The van der Waals surface area contributed by atoms with E-state index in [1.165, 1.54) is 44.9 Å². The van der Waals surface area contributed by atoms with Gasteiger partial charge in [-0.3, -0.25) is 4.79 Å². The minimum absolute atomic E-state index is 0. The van der Waals surface area contributed by atoms with Gasteiger partial charge < -0.3 is 23.1 Å². The van der Waals surface area contributed by atoms with E-state index in [0.717, 1.165) is 24.4 Å². The maximum Gasteiger partial charge on any atom is 2.00 e. The number of nitrogens with one attached hydrogen (secondary N) is 2. The molecule has 1 aromatic heterocycles. The van der Waals surface area contributed by atoms with Crippen LogP contribution in [0.15, 0.2) is 18.5 Å².